The van der Waals surface area contributed by atoms with E-state index in [0.717, 1.165) is 34.6 Å². The van der Waals surface area contributed by atoms with Crippen LogP contribution in [0.3, 0.4) is 0 Å². The highest BCUT2D eigenvalue weighted by Gasteiger charge is 2.65. The molecule has 0 aromatic heterocycles. The molecule has 59 nitrogen and oxygen atoms in total. The molecule has 10 rings (SSSR count). The molecule has 0 spiro atoms. The number of amides is 4. The summed E-state index contributed by atoms with van der Waals surface area (Å²) in [4.78, 5) is 66.7. The van der Waals surface area contributed by atoms with Crippen molar-refractivity contribution in [1.29, 1.82) is 0 Å². The molecule has 10 aliphatic heterocycles. The molecule has 0 saturated carbocycles. The Morgan fingerprint density at radius 2 is 0.706 bits per heavy atom. The van der Waals surface area contributed by atoms with Crippen LogP contribution in [-0.4, -0.2) is 572 Å². The standard InChI is InChI=1S/C77H130N4O55/c1-18-38(96)47(105)52(110)69(118-18)130-61-36(80-24(7)91)67(125-33(15-87)59(61)129-74-65(51(109)44(102)30(12-84)123-74)133-71-54(112)49(107)40(98)20(3)120-71)117-17-29(95)43(101)57(26(10-82)78-22(5)89)127-75-66(134-72-55(113)50(108)41(99)21(4)121-72)64(46(104)32(14-86)124-75)132-68-37(81-25(8)92)62(131-70-53(111)48(106)39(97)19(2)119-70)58(34(16-88)126-68)128-73-56(114)63(45(103)31(13-85)122-73)136-77(76(115)116)9-27(93)35(79-23(6)90)60(135-77)42(100)28(94)11-83/h18-21,26-75,82-88,93-114H,9-17H2,1-8H3,(H,78,89)(H,79,90)(H,80,91)(H,81,92)(H,115,116)/t18-,19-,20-,21-,26-,27-,28+,29+,30+,31+,32+,33+,34+,35+,36+,37+,38+,39+,40+,41+,42+,43-,44-,45-,46-,47+,48+,49+,50+,51-,52-,53-,54-,55-,56+,57+,58+,59+,60+,61+,62+,63-,64-,65+,66+,67+,68-,69-,70-,71-,72-,73-,74-,75-,77-/m0/s1. The van der Waals surface area contributed by atoms with E-state index in [4.69, 9.17) is 94.7 Å². The van der Waals surface area contributed by atoms with E-state index in [-0.39, 0.29) is 0 Å². The maximum atomic E-state index is 13.9. The minimum absolute atomic E-state index is 0.836. The Morgan fingerprint density at radius 1 is 0.346 bits per heavy atom. The lowest BCUT2D eigenvalue weighted by Crippen LogP contribution is -2.72. The van der Waals surface area contributed by atoms with Crippen LogP contribution in [0.5, 0.6) is 0 Å². The van der Waals surface area contributed by atoms with E-state index in [1.54, 1.807) is 0 Å². The number of carbonyl (C=O) groups is 5. The molecular weight excluding hydrogens is 1860 g/mol. The number of carboxylic acids is 1. The average molecular weight is 1990 g/mol. The third-order valence-electron chi connectivity index (χ3n) is 25.1. The second-order valence-electron chi connectivity index (χ2n) is 34.9. The zero-order valence-corrected chi connectivity index (χ0v) is 74.2. The van der Waals surface area contributed by atoms with Gasteiger partial charge in [-0.1, -0.05) is 0 Å². The van der Waals surface area contributed by atoms with E-state index in [1.807, 2.05) is 0 Å². The molecule has 0 aliphatic carbocycles. The Kier molecular flexibility index (Phi) is 40.7. The number of aliphatic hydroxyl groups excluding tert-OH is 29. The molecule has 0 bridgehead atoms. The van der Waals surface area contributed by atoms with Crippen molar-refractivity contribution >= 4 is 29.6 Å². The van der Waals surface area contributed by atoms with Crippen molar-refractivity contribution in [2.24, 2.45) is 0 Å². The van der Waals surface area contributed by atoms with Gasteiger partial charge >= 0.3 is 5.97 Å². The monoisotopic (exact) mass is 1990 g/mol. The molecule has 10 saturated heterocycles. The summed E-state index contributed by atoms with van der Waals surface area (Å²) in [5.74, 6) is -9.74. The summed E-state index contributed by atoms with van der Waals surface area (Å²) in [6, 6.07) is -8.16. The zero-order valence-electron chi connectivity index (χ0n) is 74.2. The molecule has 788 valence electrons. The van der Waals surface area contributed by atoms with Crippen LogP contribution in [0.4, 0.5) is 0 Å². The SMILES string of the molecule is CC(=O)N[C@H]1[C@H](O[C@H]2[C@@H](O)[C@@H](CO)O[C@@H](O[C@@H]([C@@H](O)[C@H](O)CO[C@@H]3O[C@H](CO)[C@@H](O[C@@H]4O[C@H](CO)[C@H](O)[C@H](O)[C@H]4O[C@@H]4O[C@@H](C)[C@@H](O)[C@@H](O)[C@@H]4O)[C@H](O[C@@H]4O[C@@H](C)[C@@H](O)[C@@H](O)[C@@H]4O)[C@H]3NC(C)=O)[C@H](CO)NC(C)=O)[C@@H]2O[C@@H]2O[C@@H](C)[C@@H](O)[C@@H](O)[C@@H]2O)O[C@H](CO)[C@@H](O[C@@H]2O[C@H](CO)[C@H](O)[C@H](O[C@]3(C(=O)O)C[C@H](O)[C@@H](NC(C)=O)[C@H]([C@H](O)[C@H](O)CO)O3)[C@H]2O)[C@@H]1O[C@@H]1O[C@@H](C)[C@@H](O)[C@@H](O)[C@@H]1O. The molecule has 34 N–H and O–H groups in total. The molecule has 10 fully saturated rings. The second kappa shape index (κ2) is 48.9. The number of aliphatic carboxylic acids is 1. The summed E-state index contributed by atoms with van der Waals surface area (Å²) >= 11 is 0. The van der Waals surface area contributed by atoms with E-state index in [0.29, 0.717) is 0 Å². The summed E-state index contributed by atoms with van der Waals surface area (Å²) in [5.41, 5.74) is 0. The molecular formula is C77H130N4O55. The van der Waals surface area contributed by atoms with Crippen LogP contribution in [-0.2, 0) is 119 Å². The lowest BCUT2D eigenvalue weighted by Gasteiger charge is -2.53. The maximum Gasteiger partial charge on any atom is 0.364 e. The number of ether oxygens (including phenoxy) is 20. The molecule has 0 radical (unpaired) electrons. The van der Waals surface area contributed by atoms with Gasteiger partial charge in [0, 0.05) is 34.1 Å². The molecule has 0 aromatic rings. The predicted molar refractivity (Wildman–Crippen MR) is 422 cm³/mol. The fourth-order valence-corrected chi connectivity index (χ4v) is 17.5. The third-order valence-corrected chi connectivity index (χ3v) is 25.1. The maximum absolute atomic E-state index is 13.9. The number of carboxylic acid groups (broad SMARTS) is 1. The summed E-state index contributed by atoms with van der Waals surface area (Å²) < 4.78 is 122. The highest BCUT2D eigenvalue weighted by molar-refractivity contribution is 5.77. The van der Waals surface area contributed by atoms with Gasteiger partial charge in [-0.25, -0.2) is 4.79 Å². The van der Waals surface area contributed by atoms with E-state index >= 15 is 0 Å². The smallest absolute Gasteiger partial charge is 0.364 e. The van der Waals surface area contributed by atoms with Crippen molar-refractivity contribution in [2.45, 2.75) is 399 Å². The van der Waals surface area contributed by atoms with Crippen molar-refractivity contribution in [3.63, 3.8) is 0 Å². The van der Waals surface area contributed by atoms with Crippen LogP contribution in [0.1, 0.15) is 61.8 Å². The van der Waals surface area contributed by atoms with Gasteiger partial charge in [0.15, 0.2) is 56.6 Å². The van der Waals surface area contributed by atoms with Gasteiger partial charge in [-0.2, -0.15) is 0 Å². The first-order valence-electron chi connectivity index (χ1n) is 43.6. The van der Waals surface area contributed by atoms with Crippen LogP contribution >= 0.6 is 0 Å². The molecule has 55 atom stereocenters. The normalized spacial score (nSPS) is 47.2. The van der Waals surface area contributed by atoms with Crippen molar-refractivity contribution in [3.8, 4) is 0 Å². The largest absolute Gasteiger partial charge is 0.477 e. The number of hydrogen-bond acceptors (Lipinski definition) is 54. The number of carbonyl (C=O) groups excluding carboxylic acids is 4. The lowest BCUT2D eigenvalue weighted by molar-refractivity contribution is -0.406. The fourth-order valence-electron chi connectivity index (χ4n) is 17.5. The van der Waals surface area contributed by atoms with Gasteiger partial charge in [-0.05, 0) is 27.7 Å². The first-order valence-corrected chi connectivity index (χ1v) is 43.6. The summed E-state index contributed by atoms with van der Waals surface area (Å²) in [5, 5.41) is 348. The Morgan fingerprint density at radius 3 is 1.12 bits per heavy atom. The van der Waals surface area contributed by atoms with E-state index in [2.05, 4.69) is 21.3 Å². The predicted octanol–water partition coefficient (Wildman–Crippen LogP) is -21.5. The Labute approximate surface area is 772 Å². The van der Waals surface area contributed by atoms with Gasteiger partial charge in [-0.3, -0.25) is 19.2 Å². The first kappa shape index (κ1) is 113. The van der Waals surface area contributed by atoms with Gasteiger partial charge in [0.05, 0.1) is 95.5 Å². The molecule has 4 amide bonds. The molecule has 0 unspecified atom stereocenters. The van der Waals surface area contributed by atoms with Gasteiger partial charge in [0.25, 0.3) is 5.79 Å². The van der Waals surface area contributed by atoms with Crippen LogP contribution in [0, 0.1) is 0 Å². The van der Waals surface area contributed by atoms with E-state index in [9.17, 15) is 177 Å². The fraction of sp³-hybridized carbons (Fsp3) is 0.935. The van der Waals surface area contributed by atoms with Crippen molar-refractivity contribution in [1.82, 2.24) is 21.3 Å². The number of hydrogen-bond donors (Lipinski definition) is 34. The number of nitrogens with one attached hydrogen (secondary N) is 4. The molecule has 10 heterocycles. The number of rotatable bonds is 38. The Bertz CT molecular complexity index is 3760. The quantitative estimate of drug-likeness (QED) is 0.0273. The summed E-state index contributed by atoms with van der Waals surface area (Å²) in [6.07, 6.45) is -110. The van der Waals surface area contributed by atoms with Crippen molar-refractivity contribution in [3.05, 3.63) is 0 Å². The highest BCUT2D eigenvalue weighted by atomic mass is 16.8. The van der Waals surface area contributed by atoms with Crippen molar-refractivity contribution < 1.29 is 272 Å². The molecule has 0 aromatic carbocycles. The highest BCUT2D eigenvalue weighted by Crippen LogP contribution is 2.44. The van der Waals surface area contributed by atoms with Gasteiger partial charge in [0.2, 0.25) is 23.6 Å². The van der Waals surface area contributed by atoms with Gasteiger partial charge < -0.3 is 269 Å². The minimum Gasteiger partial charge on any atom is -0.477 e. The Balaban J connectivity index is 1.02. The zero-order chi connectivity index (χ0) is 101. The van der Waals surface area contributed by atoms with Crippen LogP contribution < -0.4 is 21.3 Å². The topological polar surface area (TPSA) is 925 Å². The van der Waals surface area contributed by atoms with E-state index in [1.165, 1.54) is 20.8 Å². The van der Waals surface area contributed by atoms with Gasteiger partial charge in [-0.15, -0.1) is 0 Å². The van der Waals surface area contributed by atoms with Crippen molar-refractivity contribution in [2.75, 3.05) is 52.9 Å². The minimum atomic E-state index is -3.40. The number of aliphatic hydroxyl groups is 29. The van der Waals surface area contributed by atoms with Crippen LogP contribution in [0.2, 0.25) is 0 Å². The molecule has 10 aliphatic rings. The average Bonchev–Trinajstić information content (AvgIpc) is 0.750. The lowest BCUT2D eigenvalue weighted by atomic mass is 9.88. The van der Waals surface area contributed by atoms with Crippen LogP contribution in [0.25, 0.3) is 0 Å². The van der Waals surface area contributed by atoms with Gasteiger partial charge in [0.1, 0.15) is 232 Å². The van der Waals surface area contributed by atoms with Crippen LogP contribution in [0.15, 0.2) is 0 Å². The summed E-state index contributed by atoms with van der Waals surface area (Å²) in [6.45, 7) is -2.06. The molecule has 59 heteroatoms. The molecule has 136 heavy (non-hydrogen) atoms. The summed E-state index contributed by atoms with van der Waals surface area (Å²) in [7, 11) is 0. The van der Waals surface area contributed by atoms with E-state index < -0.39 is 426 Å². The third kappa shape index (κ3) is 25.1. The Hall–Kier alpha value is -4.61. The second-order valence-corrected chi connectivity index (χ2v) is 34.9. The first-order chi connectivity index (χ1) is 64.0.